The first-order valence-corrected chi connectivity index (χ1v) is 7.29. The Morgan fingerprint density at radius 3 is 3.00 bits per heavy atom. The Hall–Kier alpha value is -1.06. The van der Waals surface area contributed by atoms with E-state index < -0.39 is 0 Å². The smallest absolute Gasteiger partial charge is 0.115 e. The van der Waals surface area contributed by atoms with E-state index in [1.54, 1.807) is 6.07 Å². The van der Waals surface area contributed by atoms with Gasteiger partial charge in [-0.05, 0) is 44.5 Å². The number of phenolic OH excluding ortho intramolecular Hbond substituents is 1. The van der Waals surface area contributed by atoms with E-state index in [0.717, 1.165) is 18.5 Å². The Kier molecular flexibility index (Phi) is 3.27. The lowest BCUT2D eigenvalue weighted by Crippen LogP contribution is -2.60. The van der Waals surface area contributed by atoms with Crippen molar-refractivity contribution in [2.45, 2.75) is 50.4 Å². The Bertz CT molecular complexity index is 462. The van der Waals surface area contributed by atoms with Gasteiger partial charge in [0, 0.05) is 12.6 Å². The minimum atomic E-state index is -0.233. The number of likely N-dealkylation sites (N-methyl/N-ethyl adjacent to an activating group) is 1. The lowest BCUT2D eigenvalue weighted by atomic mass is 9.73. The summed E-state index contributed by atoms with van der Waals surface area (Å²) in [6.07, 6.45) is 4.94. The molecule has 19 heavy (non-hydrogen) atoms. The second kappa shape index (κ2) is 4.80. The minimum Gasteiger partial charge on any atom is -0.508 e. The first-order chi connectivity index (χ1) is 9.12. The molecule has 1 aliphatic carbocycles. The Morgan fingerprint density at radius 2 is 2.21 bits per heavy atom. The summed E-state index contributed by atoms with van der Waals surface area (Å²) in [6, 6.07) is 8.06. The number of aromatic hydroxyl groups is 1. The average molecular weight is 261 g/mol. The highest BCUT2D eigenvalue weighted by Gasteiger charge is 2.49. The van der Waals surface area contributed by atoms with Crippen molar-refractivity contribution in [2.75, 3.05) is 13.6 Å². The summed E-state index contributed by atoms with van der Waals surface area (Å²) < 4.78 is 6.44. The van der Waals surface area contributed by atoms with E-state index in [0.29, 0.717) is 11.8 Å². The highest BCUT2D eigenvalue weighted by atomic mass is 16.5. The normalized spacial score (nSPS) is 35.9. The topological polar surface area (TPSA) is 32.7 Å². The fraction of sp³-hybridized carbons (Fsp3) is 0.625. The molecule has 0 amide bonds. The zero-order valence-electron chi connectivity index (χ0n) is 11.8. The van der Waals surface area contributed by atoms with E-state index in [4.69, 9.17) is 4.74 Å². The van der Waals surface area contributed by atoms with Crippen LogP contribution in [0.15, 0.2) is 24.3 Å². The van der Waals surface area contributed by atoms with Crippen LogP contribution in [0.3, 0.4) is 0 Å². The van der Waals surface area contributed by atoms with Gasteiger partial charge in [0.05, 0.1) is 6.10 Å². The molecule has 104 valence electrons. The zero-order chi connectivity index (χ0) is 13.5. The molecule has 2 fully saturated rings. The highest BCUT2D eigenvalue weighted by molar-refractivity contribution is 5.34. The zero-order valence-corrected chi connectivity index (χ0v) is 11.8. The van der Waals surface area contributed by atoms with Crippen molar-refractivity contribution in [3.63, 3.8) is 0 Å². The average Bonchev–Trinajstić information content (AvgIpc) is 2.38. The number of benzene rings is 1. The molecule has 3 heteroatoms. The molecule has 1 saturated heterocycles. The number of morpholine rings is 1. The minimum absolute atomic E-state index is 0.233. The molecule has 1 saturated carbocycles. The number of rotatable bonds is 1. The Labute approximate surface area is 115 Å². The van der Waals surface area contributed by atoms with Gasteiger partial charge in [-0.1, -0.05) is 25.0 Å². The van der Waals surface area contributed by atoms with Crippen LogP contribution in [0.1, 0.15) is 38.2 Å². The van der Waals surface area contributed by atoms with Gasteiger partial charge < -0.3 is 9.84 Å². The molecule has 3 rings (SSSR count). The molecule has 0 radical (unpaired) electrons. The van der Waals surface area contributed by atoms with Crippen LogP contribution in [0.2, 0.25) is 0 Å². The van der Waals surface area contributed by atoms with Crippen LogP contribution in [0.4, 0.5) is 0 Å². The van der Waals surface area contributed by atoms with Gasteiger partial charge in [-0.15, -0.1) is 0 Å². The van der Waals surface area contributed by atoms with Crippen LogP contribution in [0, 0.1) is 0 Å². The molecule has 0 spiro atoms. The van der Waals surface area contributed by atoms with Crippen molar-refractivity contribution < 1.29 is 9.84 Å². The lowest BCUT2D eigenvalue weighted by Gasteiger charge is -2.53. The summed E-state index contributed by atoms with van der Waals surface area (Å²) in [5.74, 6) is 0.334. The maximum absolute atomic E-state index is 9.79. The molecule has 1 aromatic rings. The fourth-order valence-electron chi connectivity index (χ4n) is 3.94. The lowest BCUT2D eigenvalue weighted by molar-refractivity contribution is -0.198. The molecule has 3 nitrogen and oxygen atoms in total. The predicted octanol–water partition coefficient (Wildman–Crippen LogP) is 2.88. The van der Waals surface area contributed by atoms with E-state index in [2.05, 4.69) is 24.9 Å². The van der Waals surface area contributed by atoms with Crippen molar-refractivity contribution >= 4 is 0 Å². The number of phenols is 1. The molecule has 2 aliphatic rings. The molecule has 1 aliphatic heterocycles. The van der Waals surface area contributed by atoms with E-state index in [9.17, 15) is 5.11 Å². The molecule has 0 bridgehead atoms. The third kappa shape index (κ3) is 2.15. The van der Waals surface area contributed by atoms with E-state index >= 15 is 0 Å². The summed E-state index contributed by atoms with van der Waals surface area (Å²) in [7, 11) is 2.20. The van der Waals surface area contributed by atoms with Crippen LogP contribution < -0.4 is 0 Å². The molecule has 2 unspecified atom stereocenters. The van der Waals surface area contributed by atoms with Gasteiger partial charge in [-0.2, -0.15) is 0 Å². The van der Waals surface area contributed by atoms with Crippen LogP contribution in [-0.4, -0.2) is 35.7 Å². The summed E-state index contributed by atoms with van der Waals surface area (Å²) in [6.45, 7) is 3.14. The van der Waals surface area contributed by atoms with Gasteiger partial charge in [-0.25, -0.2) is 0 Å². The van der Waals surface area contributed by atoms with Crippen LogP contribution in [0.5, 0.6) is 5.75 Å². The van der Waals surface area contributed by atoms with Crippen molar-refractivity contribution in [1.82, 2.24) is 4.90 Å². The standard InChI is InChI=1S/C16H23NO2/c1-12-11-17(2)15-8-3-4-9-16(15,19-12)13-6-5-7-14(18)10-13/h5-7,10,12,15,18H,3-4,8-9,11H2,1-2H3/t12?,15?,16-/m1/s1. The number of ether oxygens (including phenoxy) is 1. The number of fused-ring (bicyclic) bond motifs is 1. The number of hydrogen-bond acceptors (Lipinski definition) is 3. The van der Waals surface area contributed by atoms with Crippen molar-refractivity contribution in [2.24, 2.45) is 0 Å². The largest absolute Gasteiger partial charge is 0.508 e. The van der Waals surface area contributed by atoms with Crippen molar-refractivity contribution in [3.05, 3.63) is 29.8 Å². The Balaban J connectivity index is 2.05. The van der Waals surface area contributed by atoms with E-state index in [1.807, 2.05) is 12.1 Å². The monoisotopic (exact) mass is 261 g/mol. The maximum Gasteiger partial charge on any atom is 0.115 e. The third-order valence-corrected chi connectivity index (χ3v) is 4.64. The van der Waals surface area contributed by atoms with Gasteiger partial charge in [0.25, 0.3) is 0 Å². The maximum atomic E-state index is 9.79. The summed E-state index contributed by atoms with van der Waals surface area (Å²) in [4.78, 5) is 2.44. The second-order valence-electron chi connectivity index (χ2n) is 6.07. The van der Waals surface area contributed by atoms with Gasteiger partial charge in [0.1, 0.15) is 11.4 Å². The molecular weight excluding hydrogens is 238 g/mol. The summed E-state index contributed by atoms with van der Waals surface area (Å²) in [5, 5.41) is 9.79. The van der Waals surface area contributed by atoms with Crippen LogP contribution in [-0.2, 0) is 10.3 Å². The Morgan fingerprint density at radius 1 is 1.37 bits per heavy atom. The first-order valence-electron chi connectivity index (χ1n) is 7.29. The third-order valence-electron chi connectivity index (χ3n) is 4.64. The van der Waals surface area contributed by atoms with Crippen LogP contribution in [0.25, 0.3) is 0 Å². The molecule has 1 heterocycles. The van der Waals surface area contributed by atoms with Gasteiger partial charge in [-0.3, -0.25) is 4.90 Å². The quantitative estimate of drug-likeness (QED) is 0.843. The summed E-state index contributed by atoms with van der Waals surface area (Å²) >= 11 is 0. The number of nitrogens with zero attached hydrogens (tertiary/aromatic N) is 1. The summed E-state index contributed by atoms with van der Waals surface area (Å²) in [5.41, 5.74) is 0.902. The molecule has 1 N–H and O–H groups in total. The predicted molar refractivity (Wildman–Crippen MR) is 75.2 cm³/mol. The molecular formula is C16H23NO2. The molecule has 0 aromatic heterocycles. The number of hydrogen-bond donors (Lipinski definition) is 1. The second-order valence-corrected chi connectivity index (χ2v) is 6.07. The van der Waals surface area contributed by atoms with E-state index in [1.165, 1.54) is 19.3 Å². The van der Waals surface area contributed by atoms with E-state index in [-0.39, 0.29) is 11.7 Å². The first kappa shape index (κ1) is 12.9. The van der Waals surface area contributed by atoms with Crippen LogP contribution >= 0.6 is 0 Å². The van der Waals surface area contributed by atoms with Crippen molar-refractivity contribution in [1.29, 1.82) is 0 Å². The molecule has 1 aromatic carbocycles. The van der Waals surface area contributed by atoms with Gasteiger partial charge >= 0.3 is 0 Å². The molecule has 3 atom stereocenters. The van der Waals surface area contributed by atoms with Gasteiger partial charge in [0.15, 0.2) is 0 Å². The van der Waals surface area contributed by atoms with Crippen molar-refractivity contribution in [3.8, 4) is 5.75 Å². The SMILES string of the molecule is CC1CN(C)C2CCCC[C@]2(c2cccc(O)c2)O1. The van der Waals surface area contributed by atoms with Gasteiger partial charge in [0.2, 0.25) is 0 Å². The highest BCUT2D eigenvalue weighted by Crippen LogP contribution is 2.46. The fourth-order valence-corrected chi connectivity index (χ4v) is 3.94.